The zero-order valence-electron chi connectivity index (χ0n) is 23.0. The minimum Gasteiger partial charge on any atom is -0.496 e. The van der Waals surface area contributed by atoms with Crippen molar-refractivity contribution >= 4 is 21.6 Å². The molecule has 0 radical (unpaired) electrons. The number of ether oxygens (including phenoxy) is 1. The highest BCUT2D eigenvalue weighted by atomic mass is 32.2. The van der Waals surface area contributed by atoms with Crippen LogP contribution in [0.5, 0.6) is 5.75 Å². The Kier molecular flexibility index (Phi) is 8.64. The molecule has 0 spiro atoms. The molecule has 0 unspecified atom stereocenters. The number of methoxy groups -OCH3 is 1. The number of anilines is 1. The van der Waals surface area contributed by atoms with Crippen molar-refractivity contribution in [2.45, 2.75) is 50.5 Å². The first-order valence-electron chi connectivity index (χ1n) is 13.2. The Labute approximate surface area is 225 Å². The summed E-state index contributed by atoms with van der Waals surface area (Å²) in [5.74, 6) is -0.469. The van der Waals surface area contributed by atoms with Crippen molar-refractivity contribution < 1.29 is 22.3 Å². The molecule has 0 saturated carbocycles. The fourth-order valence-electron chi connectivity index (χ4n) is 5.55. The second kappa shape index (κ2) is 11.6. The van der Waals surface area contributed by atoms with Gasteiger partial charge in [-0.3, -0.25) is 9.10 Å². The number of nitrogens with one attached hydrogen (secondary N) is 1. The third kappa shape index (κ3) is 5.67. The molecule has 2 aliphatic heterocycles. The van der Waals surface area contributed by atoms with Crippen molar-refractivity contribution in [3.05, 3.63) is 52.8 Å². The molecule has 208 valence electrons. The monoisotopic (exact) mass is 546 g/mol. The lowest BCUT2D eigenvalue weighted by Gasteiger charge is -2.32. The minimum absolute atomic E-state index is 0.0821. The standard InChI is InChI=1S/C28H39FN4O4S/c1-19-20(2)27(10-9-26(19)37-5)38(35,36)33-21(3)23(24-17-22(29)7-8-25(24)33)18-28(34)30-11-6-12-32-15-13-31(4)14-16-32/h7-10,17,21,23H,6,11-16,18H2,1-5H3,(H,30,34)/t21-,23+/m0/s1. The molecule has 1 fully saturated rings. The van der Waals surface area contributed by atoms with Crippen LogP contribution in [0.2, 0.25) is 0 Å². The predicted molar refractivity (Wildman–Crippen MR) is 147 cm³/mol. The topological polar surface area (TPSA) is 82.2 Å². The van der Waals surface area contributed by atoms with E-state index in [2.05, 4.69) is 22.2 Å². The van der Waals surface area contributed by atoms with Crippen LogP contribution < -0.4 is 14.4 Å². The molecule has 0 aliphatic carbocycles. The summed E-state index contributed by atoms with van der Waals surface area (Å²) in [5, 5.41) is 2.99. The van der Waals surface area contributed by atoms with Crippen LogP contribution in [0.25, 0.3) is 0 Å². The van der Waals surface area contributed by atoms with Gasteiger partial charge in [0.05, 0.1) is 23.7 Å². The van der Waals surface area contributed by atoms with E-state index in [1.54, 1.807) is 33.1 Å². The van der Waals surface area contributed by atoms with Gasteiger partial charge in [-0.1, -0.05) is 0 Å². The number of carbonyl (C=O) groups excluding carboxylic acids is 1. The number of piperazine rings is 1. The van der Waals surface area contributed by atoms with Crippen molar-refractivity contribution in [2.24, 2.45) is 0 Å². The van der Waals surface area contributed by atoms with E-state index in [0.717, 1.165) is 44.7 Å². The highest BCUT2D eigenvalue weighted by Crippen LogP contribution is 2.46. The van der Waals surface area contributed by atoms with E-state index in [1.807, 2.05) is 6.92 Å². The SMILES string of the molecule is COc1ccc(S(=O)(=O)N2c3ccc(F)cc3[C@H](CC(=O)NCCCN3CCN(C)CC3)[C@@H]2C)c(C)c1C. The van der Waals surface area contributed by atoms with Crippen molar-refractivity contribution in [1.29, 1.82) is 0 Å². The fraction of sp³-hybridized carbons (Fsp3) is 0.536. The summed E-state index contributed by atoms with van der Waals surface area (Å²) in [6.07, 6.45) is 0.927. The molecule has 2 aliphatic rings. The number of amides is 1. The number of hydrogen-bond donors (Lipinski definition) is 1. The van der Waals surface area contributed by atoms with Crippen LogP contribution in [0.3, 0.4) is 0 Å². The average Bonchev–Trinajstić information content (AvgIpc) is 3.15. The fourth-order valence-corrected chi connectivity index (χ4v) is 7.55. The first-order chi connectivity index (χ1) is 18.0. The first kappa shape index (κ1) is 28.3. The lowest BCUT2D eigenvalue weighted by atomic mass is 9.92. The van der Waals surface area contributed by atoms with Crippen LogP contribution in [0, 0.1) is 19.7 Å². The zero-order chi connectivity index (χ0) is 27.6. The Morgan fingerprint density at radius 2 is 1.82 bits per heavy atom. The Morgan fingerprint density at radius 3 is 2.50 bits per heavy atom. The van der Waals surface area contributed by atoms with E-state index < -0.39 is 27.8 Å². The normalized spacial score (nSPS) is 20.4. The maximum Gasteiger partial charge on any atom is 0.264 e. The summed E-state index contributed by atoms with van der Waals surface area (Å²) >= 11 is 0. The van der Waals surface area contributed by atoms with Gasteiger partial charge >= 0.3 is 0 Å². The predicted octanol–water partition coefficient (Wildman–Crippen LogP) is 3.28. The Morgan fingerprint density at radius 1 is 1.11 bits per heavy atom. The van der Waals surface area contributed by atoms with Crippen molar-refractivity contribution in [3.8, 4) is 5.75 Å². The maximum absolute atomic E-state index is 14.3. The number of rotatable bonds is 9. The maximum atomic E-state index is 14.3. The van der Waals surface area contributed by atoms with Crippen LogP contribution in [0.4, 0.5) is 10.1 Å². The molecular formula is C28H39FN4O4S. The second-order valence-electron chi connectivity index (χ2n) is 10.4. The number of fused-ring (bicyclic) bond motifs is 1. The molecule has 1 saturated heterocycles. The molecule has 2 atom stereocenters. The molecule has 4 rings (SSSR count). The molecule has 10 heteroatoms. The highest BCUT2D eigenvalue weighted by Gasteiger charge is 2.44. The Bertz CT molecular complexity index is 1280. The molecule has 1 amide bonds. The van der Waals surface area contributed by atoms with Gasteiger partial charge < -0.3 is 19.9 Å². The van der Waals surface area contributed by atoms with Gasteiger partial charge in [-0.25, -0.2) is 12.8 Å². The van der Waals surface area contributed by atoms with Crippen LogP contribution in [0.1, 0.15) is 42.4 Å². The Balaban J connectivity index is 1.49. The summed E-state index contributed by atoms with van der Waals surface area (Å²) in [6.45, 7) is 11.0. The summed E-state index contributed by atoms with van der Waals surface area (Å²) in [6, 6.07) is 6.76. The number of carbonyl (C=O) groups is 1. The molecule has 2 aromatic carbocycles. The van der Waals surface area contributed by atoms with E-state index >= 15 is 0 Å². The summed E-state index contributed by atoms with van der Waals surface area (Å²) in [7, 11) is -0.314. The van der Waals surface area contributed by atoms with Gasteiger partial charge in [0.15, 0.2) is 0 Å². The van der Waals surface area contributed by atoms with Crippen LogP contribution >= 0.6 is 0 Å². The van der Waals surface area contributed by atoms with Crippen molar-refractivity contribution in [2.75, 3.05) is 57.7 Å². The van der Waals surface area contributed by atoms with E-state index in [9.17, 15) is 17.6 Å². The van der Waals surface area contributed by atoms with Gasteiger partial charge in [-0.2, -0.15) is 0 Å². The molecule has 0 aromatic heterocycles. The summed E-state index contributed by atoms with van der Waals surface area (Å²) < 4.78 is 48.9. The summed E-state index contributed by atoms with van der Waals surface area (Å²) in [4.78, 5) is 17.8. The van der Waals surface area contributed by atoms with Crippen LogP contribution in [0.15, 0.2) is 35.2 Å². The van der Waals surface area contributed by atoms with E-state index in [1.165, 1.54) is 22.5 Å². The molecule has 8 nitrogen and oxygen atoms in total. The van der Waals surface area contributed by atoms with Gasteiger partial charge in [0, 0.05) is 45.1 Å². The third-order valence-corrected chi connectivity index (χ3v) is 10.0. The van der Waals surface area contributed by atoms with Gasteiger partial charge in [0.2, 0.25) is 5.91 Å². The number of halogens is 1. The molecule has 1 N–H and O–H groups in total. The zero-order valence-corrected chi connectivity index (χ0v) is 23.8. The minimum atomic E-state index is -3.98. The number of benzene rings is 2. The number of nitrogens with zero attached hydrogens (tertiary/aromatic N) is 3. The molecule has 38 heavy (non-hydrogen) atoms. The number of sulfonamides is 1. The van der Waals surface area contributed by atoms with Crippen LogP contribution in [-0.2, 0) is 14.8 Å². The second-order valence-corrected chi connectivity index (χ2v) is 12.2. The van der Waals surface area contributed by atoms with Gasteiger partial charge in [-0.15, -0.1) is 0 Å². The largest absolute Gasteiger partial charge is 0.496 e. The molecule has 2 aromatic rings. The van der Waals surface area contributed by atoms with Gasteiger partial charge in [-0.05, 0) is 87.8 Å². The third-order valence-electron chi connectivity index (χ3n) is 8.00. The highest BCUT2D eigenvalue weighted by molar-refractivity contribution is 7.93. The molecular weight excluding hydrogens is 507 g/mol. The summed E-state index contributed by atoms with van der Waals surface area (Å²) in [5.41, 5.74) is 2.30. The van der Waals surface area contributed by atoms with Crippen molar-refractivity contribution in [1.82, 2.24) is 15.1 Å². The Hall–Kier alpha value is -2.69. The first-order valence-corrected chi connectivity index (χ1v) is 14.6. The lowest BCUT2D eigenvalue weighted by Crippen LogP contribution is -2.45. The van der Waals surface area contributed by atoms with E-state index in [-0.39, 0.29) is 17.2 Å². The molecule has 0 bridgehead atoms. The lowest BCUT2D eigenvalue weighted by molar-refractivity contribution is -0.121. The quantitative estimate of drug-likeness (QED) is 0.487. The average molecular weight is 547 g/mol. The number of likely N-dealkylation sites (N-methyl/N-ethyl adjacent to an activating group) is 1. The molecule has 2 heterocycles. The van der Waals surface area contributed by atoms with E-state index in [0.29, 0.717) is 29.1 Å². The van der Waals surface area contributed by atoms with Gasteiger partial charge in [0.1, 0.15) is 11.6 Å². The van der Waals surface area contributed by atoms with E-state index in [4.69, 9.17) is 4.74 Å². The number of hydrogen-bond acceptors (Lipinski definition) is 6. The van der Waals surface area contributed by atoms with Crippen molar-refractivity contribution in [3.63, 3.8) is 0 Å². The smallest absolute Gasteiger partial charge is 0.264 e. The van der Waals surface area contributed by atoms with Crippen LogP contribution in [-0.4, -0.2) is 83.6 Å². The van der Waals surface area contributed by atoms with Gasteiger partial charge in [0.25, 0.3) is 10.0 Å².